The number of hydrogen-bond acceptors (Lipinski definition) is 3. The molecule has 1 aromatic heterocycles. The molecule has 0 N–H and O–H groups in total. The highest BCUT2D eigenvalue weighted by Crippen LogP contribution is 2.13. The van der Waals surface area contributed by atoms with Crippen molar-refractivity contribution in [3.05, 3.63) is 93.7 Å². The lowest BCUT2D eigenvalue weighted by Crippen LogP contribution is -2.30. The standard InChI is InChI=1S/C19H14F3N3O2/c1-24(11-12-2-3-14(21)10-16(12)22)19(27)17-8-9-18(26)25(23-17)15-6-4-13(20)5-7-15/h2-10H,11H2,1H3. The highest BCUT2D eigenvalue weighted by atomic mass is 19.1. The van der Waals surface area contributed by atoms with Crippen LogP contribution < -0.4 is 5.56 Å². The number of nitrogens with zero attached hydrogens (tertiary/aromatic N) is 3. The molecular weight excluding hydrogens is 359 g/mol. The zero-order valence-electron chi connectivity index (χ0n) is 14.2. The minimum atomic E-state index is -0.765. The maximum atomic E-state index is 13.8. The van der Waals surface area contributed by atoms with Gasteiger partial charge in [0.15, 0.2) is 0 Å². The van der Waals surface area contributed by atoms with E-state index in [0.29, 0.717) is 5.69 Å². The Balaban J connectivity index is 1.87. The number of carbonyl (C=O) groups excluding carboxylic acids is 1. The van der Waals surface area contributed by atoms with Crippen LogP contribution in [0.15, 0.2) is 59.4 Å². The van der Waals surface area contributed by atoms with Gasteiger partial charge < -0.3 is 4.90 Å². The molecule has 0 saturated heterocycles. The van der Waals surface area contributed by atoms with Gasteiger partial charge in [0.2, 0.25) is 0 Å². The van der Waals surface area contributed by atoms with Crippen LogP contribution in [0.5, 0.6) is 0 Å². The van der Waals surface area contributed by atoms with E-state index in [0.717, 1.165) is 22.9 Å². The molecule has 0 aliphatic carbocycles. The van der Waals surface area contributed by atoms with Crippen LogP contribution in [0.3, 0.4) is 0 Å². The van der Waals surface area contributed by atoms with E-state index in [1.165, 1.54) is 48.3 Å². The SMILES string of the molecule is CN(Cc1ccc(F)cc1F)C(=O)c1ccc(=O)n(-c2ccc(F)cc2)n1. The first-order chi connectivity index (χ1) is 12.8. The van der Waals surface area contributed by atoms with E-state index in [9.17, 15) is 22.8 Å². The van der Waals surface area contributed by atoms with Crippen molar-refractivity contribution in [3.63, 3.8) is 0 Å². The minimum absolute atomic E-state index is 0.0519. The molecule has 2 aromatic carbocycles. The van der Waals surface area contributed by atoms with Gasteiger partial charge >= 0.3 is 0 Å². The van der Waals surface area contributed by atoms with Crippen LogP contribution in [0.4, 0.5) is 13.2 Å². The second-order valence-electron chi connectivity index (χ2n) is 5.84. The second-order valence-corrected chi connectivity index (χ2v) is 5.84. The van der Waals surface area contributed by atoms with Crippen molar-refractivity contribution in [2.24, 2.45) is 0 Å². The molecule has 0 aliphatic rings. The molecule has 0 radical (unpaired) electrons. The van der Waals surface area contributed by atoms with E-state index in [1.54, 1.807) is 0 Å². The van der Waals surface area contributed by atoms with Crippen molar-refractivity contribution in [1.82, 2.24) is 14.7 Å². The molecular formula is C19H14F3N3O2. The monoisotopic (exact) mass is 373 g/mol. The summed E-state index contributed by atoms with van der Waals surface area (Å²) in [5.41, 5.74) is -0.114. The van der Waals surface area contributed by atoms with E-state index in [1.807, 2.05) is 0 Å². The summed E-state index contributed by atoms with van der Waals surface area (Å²) in [6, 6.07) is 10.6. The molecule has 0 saturated carbocycles. The fraction of sp³-hybridized carbons (Fsp3) is 0.105. The Labute approximate surface area is 152 Å². The van der Waals surface area contributed by atoms with Gasteiger partial charge in [-0.3, -0.25) is 9.59 Å². The van der Waals surface area contributed by atoms with Gasteiger partial charge in [0.05, 0.1) is 5.69 Å². The van der Waals surface area contributed by atoms with Crippen LogP contribution in [0, 0.1) is 17.5 Å². The van der Waals surface area contributed by atoms with Gasteiger partial charge in [-0.15, -0.1) is 0 Å². The predicted molar refractivity (Wildman–Crippen MR) is 91.9 cm³/mol. The number of aromatic nitrogens is 2. The molecule has 138 valence electrons. The smallest absolute Gasteiger partial charge is 0.274 e. The average molecular weight is 373 g/mol. The predicted octanol–water partition coefficient (Wildman–Crippen LogP) is 2.92. The summed E-state index contributed by atoms with van der Waals surface area (Å²) in [7, 11) is 1.43. The van der Waals surface area contributed by atoms with Crippen molar-refractivity contribution in [3.8, 4) is 5.69 Å². The van der Waals surface area contributed by atoms with E-state index in [-0.39, 0.29) is 17.8 Å². The van der Waals surface area contributed by atoms with Crippen molar-refractivity contribution in [1.29, 1.82) is 0 Å². The molecule has 0 fully saturated rings. The van der Waals surface area contributed by atoms with Gasteiger partial charge in [0.25, 0.3) is 11.5 Å². The van der Waals surface area contributed by atoms with Crippen LogP contribution in [-0.4, -0.2) is 27.6 Å². The highest BCUT2D eigenvalue weighted by Gasteiger charge is 2.17. The lowest BCUT2D eigenvalue weighted by Gasteiger charge is -2.17. The Morgan fingerprint density at radius 1 is 1.00 bits per heavy atom. The van der Waals surface area contributed by atoms with Crippen molar-refractivity contribution in [2.75, 3.05) is 7.05 Å². The molecule has 0 unspecified atom stereocenters. The largest absolute Gasteiger partial charge is 0.336 e. The van der Waals surface area contributed by atoms with E-state index < -0.39 is 28.9 Å². The van der Waals surface area contributed by atoms with E-state index in [4.69, 9.17) is 0 Å². The molecule has 1 heterocycles. The summed E-state index contributed by atoms with van der Waals surface area (Å²) in [6.45, 7) is -0.109. The Morgan fingerprint density at radius 2 is 1.67 bits per heavy atom. The van der Waals surface area contributed by atoms with Gasteiger partial charge in [0, 0.05) is 31.3 Å². The number of benzene rings is 2. The Hall–Kier alpha value is -3.42. The Bertz CT molecular complexity index is 1050. The first-order valence-corrected chi connectivity index (χ1v) is 7.91. The first-order valence-electron chi connectivity index (χ1n) is 7.91. The summed E-state index contributed by atoms with van der Waals surface area (Å²) in [6.07, 6.45) is 0. The average Bonchev–Trinajstić information content (AvgIpc) is 2.64. The zero-order chi connectivity index (χ0) is 19.6. The molecule has 0 bridgehead atoms. The van der Waals surface area contributed by atoms with Gasteiger partial charge in [-0.05, 0) is 36.4 Å². The Morgan fingerprint density at radius 3 is 2.33 bits per heavy atom. The normalized spacial score (nSPS) is 10.7. The van der Waals surface area contributed by atoms with E-state index >= 15 is 0 Å². The molecule has 3 aromatic rings. The second kappa shape index (κ2) is 7.45. The molecule has 27 heavy (non-hydrogen) atoms. The summed E-state index contributed by atoms with van der Waals surface area (Å²) < 4.78 is 40.8. The maximum Gasteiger partial charge on any atom is 0.274 e. The van der Waals surface area contributed by atoms with Crippen LogP contribution in [0.2, 0.25) is 0 Å². The van der Waals surface area contributed by atoms with Crippen LogP contribution in [-0.2, 0) is 6.54 Å². The molecule has 3 rings (SSSR count). The number of carbonyl (C=O) groups is 1. The molecule has 0 atom stereocenters. The molecule has 0 aliphatic heterocycles. The number of hydrogen-bond donors (Lipinski definition) is 0. The highest BCUT2D eigenvalue weighted by molar-refractivity contribution is 5.91. The maximum absolute atomic E-state index is 13.8. The summed E-state index contributed by atoms with van der Waals surface area (Å²) in [4.78, 5) is 25.8. The minimum Gasteiger partial charge on any atom is -0.336 e. The molecule has 0 spiro atoms. The lowest BCUT2D eigenvalue weighted by molar-refractivity contribution is 0.0776. The number of halogens is 3. The van der Waals surface area contributed by atoms with Gasteiger partial charge in [-0.25, -0.2) is 13.2 Å². The van der Waals surface area contributed by atoms with Crippen LogP contribution in [0.1, 0.15) is 16.1 Å². The Kier molecular flexibility index (Phi) is 5.07. The topological polar surface area (TPSA) is 55.2 Å². The van der Waals surface area contributed by atoms with Crippen molar-refractivity contribution in [2.45, 2.75) is 6.54 Å². The van der Waals surface area contributed by atoms with E-state index in [2.05, 4.69) is 5.10 Å². The molecule has 5 nitrogen and oxygen atoms in total. The first kappa shape index (κ1) is 18.4. The lowest BCUT2D eigenvalue weighted by atomic mass is 10.2. The number of rotatable bonds is 4. The van der Waals surface area contributed by atoms with Crippen LogP contribution in [0.25, 0.3) is 5.69 Å². The van der Waals surface area contributed by atoms with Gasteiger partial charge in [-0.1, -0.05) is 6.07 Å². The third kappa shape index (κ3) is 4.05. The summed E-state index contributed by atoms with van der Waals surface area (Å²) >= 11 is 0. The summed E-state index contributed by atoms with van der Waals surface area (Å²) in [5, 5.41) is 4.01. The van der Waals surface area contributed by atoms with Crippen molar-refractivity contribution >= 4 is 5.91 Å². The number of amides is 1. The zero-order valence-corrected chi connectivity index (χ0v) is 14.2. The molecule has 8 heteroatoms. The fourth-order valence-electron chi connectivity index (χ4n) is 2.47. The van der Waals surface area contributed by atoms with Gasteiger partial charge in [-0.2, -0.15) is 9.78 Å². The van der Waals surface area contributed by atoms with Crippen molar-refractivity contribution < 1.29 is 18.0 Å². The van der Waals surface area contributed by atoms with Gasteiger partial charge in [0.1, 0.15) is 23.1 Å². The molecule has 1 amide bonds. The van der Waals surface area contributed by atoms with Crippen LogP contribution >= 0.6 is 0 Å². The quantitative estimate of drug-likeness (QED) is 0.707. The fourth-order valence-corrected chi connectivity index (χ4v) is 2.47. The summed E-state index contributed by atoms with van der Waals surface area (Å²) in [5.74, 6) is -2.51. The third-order valence-corrected chi connectivity index (χ3v) is 3.86. The third-order valence-electron chi connectivity index (χ3n) is 3.86.